The first-order chi connectivity index (χ1) is 12.5. The summed E-state index contributed by atoms with van der Waals surface area (Å²) in [5.41, 5.74) is 0.691. The van der Waals surface area contributed by atoms with Gasteiger partial charge in [0.1, 0.15) is 12.4 Å². The number of hydrogen-bond acceptors (Lipinski definition) is 3. The Hall–Kier alpha value is -2.40. The second-order valence-corrected chi connectivity index (χ2v) is 6.73. The molecule has 1 amide bonds. The normalized spacial score (nSPS) is 16.2. The quantitative estimate of drug-likeness (QED) is 0.750. The molecule has 3 rings (SSSR count). The van der Waals surface area contributed by atoms with E-state index < -0.39 is 16.8 Å². The molecule has 0 radical (unpaired) electrons. The zero-order valence-corrected chi connectivity index (χ0v) is 14.9. The van der Waals surface area contributed by atoms with E-state index in [0.717, 1.165) is 5.56 Å². The van der Waals surface area contributed by atoms with Gasteiger partial charge in [0.2, 0.25) is 5.24 Å². The van der Waals surface area contributed by atoms with Crippen molar-refractivity contribution in [3.8, 4) is 0 Å². The van der Waals surface area contributed by atoms with Crippen molar-refractivity contribution in [2.24, 2.45) is 0 Å². The van der Waals surface area contributed by atoms with E-state index in [2.05, 4.69) is 0 Å². The number of rotatable bonds is 4. The Balaban J connectivity index is 1.63. The number of ether oxygens (including phenoxy) is 1. The van der Waals surface area contributed by atoms with Crippen LogP contribution in [0, 0.1) is 5.82 Å². The summed E-state index contributed by atoms with van der Waals surface area (Å²) in [6, 6.07) is 15.2. The third-order valence-corrected chi connectivity index (χ3v) is 5.22. The van der Waals surface area contributed by atoms with Crippen LogP contribution in [0.2, 0.25) is 0 Å². The average Bonchev–Trinajstić information content (AvgIpc) is 2.67. The van der Waals surface area contributed by atoms with Gasteiger partial charge in [-0.3, -0.25) is 4.79 Å². The number of benzene rings is 2. The van der Waals surface area contributed by atoms with Gasteiger partial charge >= 0.3 is 6.09 Å². The lowest BCUT2D eigenvalue weighted by atomic mass is 9.74. The molecule has 1 fully saturated rings. The second-order valence-electron chi connectivity index (χ2n) is 6.39. The first-order valence-electron chi connectivity index (χ1n) is 8.43. The summed E-state index contributed by atoms with van der Waals surface area (Å²) in [6.45, 7) is 0.903. The summed E-state index contributed by atoms with van der Waals surface area (Å²) < 4.78 is 18.5. The molecule has 6 heteroatoms. The highest BCUT2D eigenvalue weighted by Gasteiger charge is 2.43. The third kappa shape index (κ3) is 3.88. The van der Waals surface area contributed by atoms with Crippen LogP contribution < -0.4 is 0 Å². The van der Waals surface area contributed by atoms with E-state index in [4.69, 9.17) is 16.3 Å². The van der Waals surface area contributed by atoms with Gasteiger partial charge in [-0.1, -0.05) is 42.5 Å². The van der Waals surface area contributed by atoms with E-state index >= 15 is 0 Å². The minimum Gasteiger partial charge on any atom is -0.445 e. The molecule has 0 unspecified atom stereocenters. The zero-order valence-electron chi connectivity index (χ0n) is 14.2. The molecule has 0 aromatic heterocycles. The highest BCUT2D eigenvalue weighted by Crippen LogP contribution is 2.38. The Morgan fingerprint density at radius 2 is 1.65 bits per heavy atom. The summed E-state index contributed by atoms with van der Waals surface area (Å²) in [5.74, 6) is -0.368. The molecule has 2 aromatic rings. The monoisotopic (exact) mass is 375 g/mol. The van der Waals surface area contributed by atoms with Gasteiger partial charge in [-0.15, -0.1) is 0 Å². The van der Waals surface area contributed by atoms with Crippen molar-refractivity contribution in [2.75, 3.05) is 13.1 Å². The average molecular weight is 376 g/mol. The molecular weight excluding hydrogens is 357 g/mol. The highest BCUT2D eigenvalue weighted by molar-refractivity contribution is 6.65. The van der Waals surface area contributed by atoms with Gasteiger partial charge in [-0.2, -0.15) is 0 Å². The van der Waals surface area contributed by atoms with Crippen LogP contribution in [0.4, 0.5) is 9.18 Å². The van der Waals surface area contributed by atoms with E-state index in [1.807, 2.05) is 30.3 Å². The molecule has 1 heterocycles. The Morgan fingerprint density at radius 1 is 1.04 bits per heavy atom. The summed E-state index contributed by atoms with van der Waals surface area (Å²) in [4.78, 5) is 26.0. The van der Waals surface area contributed by atoms with Gasteiger partial charge in [-0.05, 0) is 47.7 Å². The van der Waals surface area contributed by atoms with Gasteiger partial charge in [0.05, 0.1) is 5.41 Å². The van der Waals surface area contributed by atoms with Crippen molar-refractivity contribution < 1.29 is 18.7 Å². The molecule has 26 heavy (non-hydrogen) atoms. The molecule has 4 nitrogen and oxygen atoms in total. The van der Waals surface area contributed by atoms with E-state index in [9.17, 15) is 14.0 Å². The van der Waals surface area contributed by atoms with Crippen molar-refractivity contribution in [3.63, 3.8) is 0 Å². The fraction of sp³-hybridized carbons (Fsp3) is 0.300. The minimum atomic E-state index is -0.897. The Morgan fingerprint density at radius 3 is 2.23 bits per heavy atom. The summed E-state index contributed by atoms with van der Waals surface area (Å²) in [7, 11) is 0. The van der Waals surface area contributed by atoms with E-state index in [1.54, 1.807) is 17.0 Å². The largest absolute Gasteiger partial charge is 0.445 e. The van der Waals surface area contributed by atoms with Gasteiger partial charge in [-0.25, -0.2) is 9.18 Å². The summed E-state index contributed by atoms with van der Waals surface area (Å²) in [5, 5.41) is -0.485. The molecule has 136 valence electrons. The number of halogens is 2. The molecule has 0 bridgehead atoms. The van der Waals surface area contributed by atoms with Crippen molar-refractivity contribution in [1.82, 2.24) is 4.90 Å². The van der Waals surface area contributed by atoms with E-state index in [-0.39, 0.29) is 12.4 Å². The molecule has 1 aliphatic heterocycles. The number of amides is 1. The maximum absolute atomic E-state index is 13.2. The smallest absolute Gasteiger partial charge is 0.410 e. The number of carbonyl (C=O) groups is 2. The second kappa shape index (κ2) is 7.87. The van der Waals surface area contributed by atoms with Gasteiger partial charge < -0.3 is 9.64 Å². The summed E-state index contributed by atoms with van der Waals surface area (Å²) >= 11 is 5.89. The van der Waals surface area contributed by atoms with Crippen molar-refractivity contribution in [2.45, 2.75) is 24.9 Å². The Kier molecular flexibility index (Phi) is 5.57. The van der Waals surface area contributed by atoms with Crippen LogP contribution in [0.25, 0.3) is 0 Å². The highest BCUT2D eigenvalue weighted by atomic mass is 35.5. The maximum atomic E-state index is 13.2. The first-order valence-corrected chi connectivity index (χ1v) is 8.81. The van der Waals surface area contributed by atoms with Crippen molar-refractivity contribution >= 4 is 22.9 Å². The Labute approximate surface area is 156 Å². The fourth-order valence-corrected chi connectivity index (χ4v) is 3.55. The molecule has 1 saturated heterocycles. The topological polar surface area (TPSA) is 46.6 Å². The fourth-order valence-electron chi connectivity index (χ4n) is 3.25. The van der Waals surface area contributed by atoms with Crippen LogP contribution in [0.1, 0.15) is 24.0 Å². The van der Waals surface area contributed by atoms with E-state index in [1.165, 1.54) is 12.1 Å². The van der Waals surface area contributed by atoms with Gasteiger partial charge in [0, 0.05) is 13.1 Å². The molecule has 1 aliphatic rings. The third-order valence-electron chi connectivity index (χ3n) is 4.85. The van der Waals surface area contributed by atoms with Gasteiger partial charge in [0.15, 0.2) is 0 Å². The van der Waals surface area contributed by atoms with Gasteiger partial charge in [0.25, 0.3) is 0 Å². The lowest BCUT2D eigenvalue weighted by Crippen LogP contribution is -2.48. The lowest BCUT2D eigenvalue weighted by Gasteiger charge is -2.39. The molecule has 0 aliphatic carbocycles. The van der Waals surface area contributed by atoms with Crippen molar-refractivity contribution in [3.05, 3.63) is 71.5 Å². The van der Waals surface area contributed by atoms with Crippen LogP contribution in [-0.4, -0.2) is 29.3 Å². The molecular formula is C20H19ClFNO3. The molecule has 0 spiro atoms. The van der Waals surface area contributed by atoms with E-state index in [0.29, 0.717) is 31.5 Å². The maximum Gasteiger partial charge on any atom is 0.410 e. The standard InChI is InChI=1S/C20H19ClFNO3/c21-18(24)20(16-6-8-17(22)9-7-16)10-12-23(13-11-20)19(25)26-14-15-4-2-1-3-5-15/h1-9H,10-14H2. The Bertz CT molecular complexity index is 771. The van der Waals surface area contributed by atoms with Crippen LogP contribution in [0.3, 0.4) is 0 Å². The van der Waals surface area contributed by atoms with Crippen LogP contribution >= 0.6 is 11.6 Å². The SMILES string of the molecule is O=C(OCc1ccccc1)N1CCC(C(=O)Cl)(c2ccc(F)cc2)CC1. The number of carbonyl (C=O) groups excluding carboxylic acids is 2. The molecule has 2 aromatic carbocycles. The first kappa shape index (κ1) is 18.4. The van der Waals surface area contributed by atoms with Crippen LogP contribution in [0.5, 0.6) is 0 Å². The number of piperidine rings is 1. The predicted molar refractivity (Wildman–Crippen MR) is 96.4 cm³/mol. The van der Waals surface area contributed by atoms with Crippen molar-refractivity contribution in [1.29, 1.82) is 0 Å². The van der Waals surface area contributed by atoms with Crippen LogP contribution in [0.15, 0.2) is 54.6 Å². The number of nitrogens with zero attached hydrogens (tertiary/aromatic N) is 1. The zero-order chi connectivity index (χ0) is 18.6. The molecule has 0 atom stereocenters. The predicted octanol–water partition coefficient (Wildman–Crippen LogP) is 4.26. The molecule has 0 saturated carbocycles. The summed E-state index contributed by atoms with van der Waals surface area (Å²) in [6.07, 6.45) is 0.339. The number of hydrogen-bond donors (Lipinski definition) is 0. The number of likely N-dealkylation sites (tertiary alicyclic amines) is 1. The lowest BCUT2D eigenvalue weighted by molar-refractivity contribution is -0.118. The molecule has 0 N–H and O–H groups in total. The van der Waals surface area contributed by atoms with Crippen LogP contribution in [-0.2, 0) is 21.6 Å². The minimum absolute atomic E-state index is 0.202.